The summed E-state index contributed by atoms with van der Waals surface area (Å²) in [6.45, 7) is 11.1. The van der Waals surface area contributed by atoms with Crippen LogP contribution in [0.25, 0.3) is 0 Å². The molecule has 8 nitrogen and oxygen atoms in total. The third-order valence-electron chi connectivity index (χ3n) is 3.80. The van der Waals surface area contributed by atoms with Gasteiger partial charge in [-0.05, 0) is 54.4 Å². The van der Waals surface area contributed by atoms with Crippen molar-refractivity contribution in [1.82, 2.24) is 4.90 Å². The summed E-state index contributed by atoms with van der Waals surface area (Å²) in [5.74, 6) is -2.78. The number of morpholine rings is 1. The van der Waals surface area contributed by atoms with Crippen LogP contribution < -0.4 is 4.74 Å². The lowest BCUT2D eigenvalue weighted by atomic mass is 10.2. The van der Waals surface area contributed by atoms with Gasteiger partial charge in [-0.15, -0.1) is 0 Å². The standard InChI is InChI=1S/C17H26BrNO3.C2H2O4/c1-13-4-5-17(16(18)10-13)21-9-8-20-7-6-19-11-14(2)22-15(3)12-19;3-1(4)2(5)6/h4-5,10,14-15H,6-9,11-12H2,1-3H3;(H,3,4)(H,5,6). The molecule has 1 aromatic carbocycles. The zero-order valence-electron chi connectivity index (χ0n) is 16.4. The first kappa shape index (κ1) is 24.4. The number of halogens is 1. The Morgan fingerprint density at radius 3 is 2.29 bits per heavy atom. The highest BCUT2D eigenvalue weighted by atomic mass is 79.9. The number of benzene rings is 1. The van der Waals surface area contributed by atoms with Gasteiger partial charge in [0.2, 0.25) is 0 Å². The first-order valence-corrected chi connectivity index (χ1v) is 9.79. The zero-order chi connectivity index (χ0) is 21.1. The summed E-state index contributed by atoms with van der Waals surface area (Å²) in [5, 5.41) is 14.8. The molecule has 0 aliphatic carbocycles. The lowest BCUT2D eigenvalue weighted by Gasteiger charge is -2.35. The molecule has 1 aliphatic rings. The minimum atomic E-state index is -1.82. The molecule has 2 N–H and O–H groups in total. The molecule has 1 aromatic rings. The van der Waals surface area contributed by atoms with Crippen LogP contribution in [0.5, 0.6) is 5.75 Å². The van der Waals surface area contributed by atoms with Gasteiger partial charge in [0.15, 0.2) is 0 Å². The van der Waals surface area contributed by atoms with Gasteiger partial charge in [0.25, 0.3) is 0 Å². The molecule has 158 valence electrons. The highest BCUT2D eigenvalue weighted by molar-refractivity contribution is 9.10. The molecule has 28 heavy (non-hydrogen) atoms. The van der Waals surface area contributed by atoms with E-state index in [-0.39, 0.29) is 0 Å². The van der Waals surface area contributed by atoms with Crippen molar-refractivity contribution >= 4 is 27.9 Å². The second-order valence-electron chi connectivity index (χ2n) is 6.52. The van der Waals surface area contributed by atoms with E-state index in [0.717, 1.165) is 36.5 Å². The molecule has 2 rings (SSSR count). The number of carboxylic acids is 2. The summed E-state index contributed by atoms with van der Waals surface area (Å²) in [7, 11) is 0. The predicted molar refractivity (Wildman–Crippen MR) is 107 cm³/mol. The lowest BCUT2D eigenvalue weighted by molar-refractivity contribution is -0.159. The van der Waals surface area contributed by atoms with E-state index in [1.54, 1.807) is 0 Å². The summed E-state index contributed by atoms with van der Waals surface area (Å²) in [4.78, 5) is 20.6. The van der Waals surface area contributed by atoms with Crippen LogP contribution in [0.15, 0.2) is 22.7 Å². The molecular formula is C19H28BrNO7. The average Bonchev–Trinajstić information content (AvgIpc) is 2.59. The number of hydrogen-bond donors (Lipinski definition) is 2. The van der Waals surface area contributed by atoms with Crippen LogP contribution in [-0.4, -0.2) is 78.7 Å². The Hall–Kier alpha value is -1.68. The molecular weight excluding hydrogens is 434 g/mol. The Morgan fingerprint density at radius 2 is 1.75 bits per heavy atom. The molecule has 1 aliphatic heterocycles. The predicted octanol–water partition coefficient (Wildman–Crippen LogP) is 2.42. The number of aliphatic carboxylic acids is 2. The summed E-state index contributed by atoms with van der Waals surface area (Å²) < 4.78 is 18.1. The molecule has 1 fully saturated rings. The molecule has 1 heterocycles. The summed E-state index contributed by atoms with van der Waals surface area (Å²) in [6.07, 6.45) is 0.622. The Kier molecular flexibility index (Phi) is 11.1. The number of ether oxygens (including phenoxy) is 3. The number of hydrogen-bond acceptors (Lipinski definition) is 6. The zero-order valence-corrected chi connectivity index (χ0v) is 18.0. The van der Waals surface area contributed by atoms with E-state index in [1.165, 1.54) is 5.56 Å². The van der Waals surface area contributed by atoms with Gasteiger partial charge in [0, 0.05) is 19.6 Å². The van der Waals surface area contributed by atoms with Crippen LogP contribution in [0.1, 0.15) is 19.4 Å². The van der Waals surface area contributed by atoms with Crippen molar-refractivity contribution in [3.05, 3.63) is 28.2 Å². The fourth-order valence-electron chi connectivity index (χ4n) is 2.70. The number of nitrogens with zero attached hydrogens (tertiary/aromatic N) is 1. The van der Waals surface area contributed by atoms with Crippen LogP contribution in [-0.2, 0) is 19.1 Å². The van der Waals surface area contributed by atoms with E-state index < -0.39 is 11.9 Å². The molecule has 0 spiro atoms. The van der Waals surface area contributed by atoms with Crippen molar-refractivity contribution in [2.24, 2.45) is 0 Å². The first-order valence-electron chi connectivity index (χ1n) is 8.99. The van der Waals surface area contributed by atoms with Crippen molar-refractivity contribution in [2.45, 2.75) is 33.0 Å². The van der Waals surface area contributed by atoms with Crippen molar-refractivity contribution < 1.29 is 34.0 Å². The maximum atomic E-state index is 9.10. The molecule has 0 radical (unpaired) electrons. The largest absolute Gasteiger partial charge is 0.490 e. The van der Waals surface area contributed by atoms with E-state index in [2.05, 4.69) is 47.7 Å². The fraction of sp³-hybridized carbons (Fsp3) is 0.579. The van der Waals surface area contributed by atoms with Gasteiger partial charge in [-0.25, -0.2) is 9.59 Å². The third kappa shape index (κ3) is 10.0. The highest BCUT2D eigenvalue weighted by Crippen LogP contribution is 2.25. The first-order chi connectivity index (χ1) is 13.2. The SMILES string of the molecule is Cc1ccc(OCCOCCN2CC(C)OC(C)C2)c(Br)c1.O=C(O)C(=O)O. The van der Waals surface area contributed by atoms with Crippen LogP contribution >= 0.6 is 15.9 Å². The van der Waals surface area contributed by atoms with E-state index in [9.17, 15) is 0 Å². The molecule has 0 aromatic heterocycles. The van der Waals surface area contributed by atoms with Crippen molar-refractivity contribution in [3.63, 3.8) is 0 Å². The van der Waals surface area contributed by atoms with Gasteiger partial charge >= 0.3 is 11.9 Å². The highest BCUT2D eigenvalue weighted by Gasteiger charge is 2.21. The smallest absolute Gasteiger partial charge is 0.414 e. The van der Waals surface area contributed by atoms with E-state index in [0.29, 0.717) is 25.4 Å². The van der Waals surface area contributed by atoms with Crippen LogP contribution in [0.2, 0.25) is 0 Å². The minimum Gasteiger partial charge on any atom is -0.490 e. The maximum Gasteiger partial charge on any atom is 0.414 e. The second-order valence-corrected chi connectivity index (χ2v) is 7.38. The fourth-order valence-corrected chi connectivity index (χ4v) is 3.30. The Bertz CT molecular complexity index is 619. The quantitative estimate of drug-likeness (QED) is 0.470. The Labute approximate surface area is 173 Å². The third-order valence-corrected chi connectivity index (χ3v) is 4.42. The lowest BCUT2D eigenvalue weighted by Crippen LogP contribution is -2.46. The number of rotatable bonds is 7. The van der Waals surface area contributed by atoms with Crippen LogP contribution in [0.3, 0.4) is 0 Å². The number of carbonyl (C=O) groups is 2. The Balaban J connectivity index is 0.000000568. The number of aryl methyl sites for hydroxylation is 1. The van der Waals surface area contributed by atoms with Gasteiger partial charge in [0.1, 0.15) is 12.4 Å². The topological polar surface area (TPSA) is 106 Å². The van der Waals surface area contributed by atoms with Gasteiger partial charge in [-0.3, -0.25) is 4.90 Å². The minimum absolute atomic E-state index is 0.311. The summed E-state index contributed by atoms with van der Waals surface area (Å²) in [5.41, 5.74) is 1.21. The van der Waals surface area contributed by atoms with Gasteiger partial charge in [-0.1, -0.05) is 6.07 Å². The molecule has 0 bridgehead atoms. The normalized spacial score (nSPS) is 19.4. The molecule has 1 saturated heterocycles. The van der Waals surface area contributed by atoms with Crippen molar-refractivity contribution in [2.75, 3.05) is 39.5 Å². The molecule has 2 unspecified atom stereocenters. The monoisotopic (exact) mass is 461 g/mol. The van der Waals surface area contributed by atoms with Crippen LogP contribution in [0, 0.1) is 6.92 Å². The second kappa shape index (κ2) is 12.7. The molecule has 9 heteroatoms. The van der Waals surface area contributed by atoms with Crippen LogP contribution in [0.4, 0.5) is 0 Å². The number of carboxylic acid groups (broad SMARTS) is 2. The van der Waals surface area contributed by atoms with E-state index in [4.69, 9.17) is 34.0 Å². The molecule has 0 saturated carbocycles. The average molecular weight is 462 g/mol. The maximum absolute atomic E-state index is 9.10. The Morgan fingerprint density at radius 1 is 1.14 bits per heavy atom. The van der Waals surface area contributed by atoms with Crippen molar-refractivity contribution in [1.29, 1.82) is 0 Å². The van der Waals surface area contributed by atoms with Gasteiger partial charge < -0.3 is 24.4 Å². The van der Waals surface area contributed by atoms with Crippen molar-refractivity contribution in [3.8, 4) is 5.75 Å². The van der Waals surface area contributed by atoms with Gasteiger partial charge in [-0.2, -0.15) is 0 Å². The molecule has 2 atom stereocenters. The van der Waals surface area contributed by atoms with E-state index in [1.807, 2.05) is 12.1 Å². The van der Waals surface area contributed by atoms with Gasteiger partial charge in [0.05, 0.1) is 29.9 Å². The summed E-state index contributed by atoms with van der Waals surface area (Å²) in [6, 6.07) is 6.08. The summed E-state index contributed by atoms with van der Waals surface area (Å²) >= 11 is 3.51. The molecule has 0 amide bonds. The van der Waals surface area contributed by atoms with E-state index >= 15 is 0 Å².